The summed E-state index contributed by atoms with van der Waals surface area (Å²) in [6.45, 7) is 7.32. The molecule has 0 bridgehead atoms. The molecule has 4 nitrogen and oxygen atoms in total. The average Bonchev–Trinajstić information content (AvgIpc) is 1.99. The number of thioether (sulfide) groups is 1. The third kappa shape index (κ3) is 5.85. The van der Waals surface area contributed by atoms with E-state index in [-0.39, 0.29) is 16.7 Å². The monoisotopic (exact) mass is 218 g/mol. The Labute approximate surface area is 89.2 Å². The normalized spacial score (nSPS) is 13.2. The summed E-state index contributed by atoms with van der Waals surface area (Å²) in [6, 6.07) is -0.441. The average molecular weight is 218 g/mol. The maximum atomic E-state index is 11.3. The molecule has 0 aromatic rings. The van der Waals surface area contributed by atoms with Gasteiger partial charge in [-0.2, -0.15) is 11.8 Å². The molecule has 0 heterocycles. The van der Waals surface area contributed by atoms with E-state index >= 15 is 0 Å². The molecule has 14 heavy (non-hydrogen) atoms. The van der Waals surface area contributed by atoms with Crippen molar-refractivity contribution in [3.8, 4) is 0 Å². The summed E-state index contributed by atoms with van der Waals surface area (Å²) in [7, 11) is 0. The standard InChI is InChI=1S/C9H18N2O2S/c1-6(14-5)7(12)10-8(13)11-9(2,3)4/h6H,1-5H3,(H2,10,11,12,13)/t6-/m0/s1. The highest BCUT2D eigenvalue weighted by molar-refractivity contribution is 7.99. The minimum absolute atomic E-state index is 0.208. The van der Waals surface area contributed by atoms with Crippen LogP contribution in [0.4, 0.5) is 4.79 Å². The maximum Gasteiger partial charge on any atom is 0.321 e. The predicted octanol–water partition coefficient (Wildman–Crippen LogP) is 1.36. The van der Waals surface area contributed by atoms with Gasteiger partial charge in [0.25, 0.3) is 0 Å². The van der Waals surface area contributed by atoms with Crippen molar-refractivity contribution in [1.29, 1.82) is 0 Å². The van der Waals surface area contributed by atoms with Crippen LogP contribution in [0.1, 0.15) is 27.7 Å². The smallest absolute Gasteiger partial charge is 0.321 e. The van der Waals surface area contributed by atoms with Gasteiger partial charge in [-0.05, 0) is 34.0 Å². The fourth-order valence-corrected chi connectivity index (χ4v) is 0.965. The Kier molecular flexibility index (Phi) is 4.97. The van der Waals surface area contributed by atoms with Gasteiger partial charge in [0.05, 0.1) is 5.25 Å². The lowest BCUT2D eigenvalue weighted by Crippen LogP contribution is -2.49. The van der Waals surface area contributed by atoms with Crippen molar-refractivity contribution in [3.05, 3.63) is 0 Å². The van der Waals surface area contributed by atoms with Gasteiger partial charge in [0, 0.05) is 5.54 Å². The Morgan fingerprint density at radius 1 is 1.29 bits per heavy atom. The van der Waals surface area contributed by atoms with E-state index in [1.807, 2.05) is 27.0 Å². The van der Waals surface area contributed by atoms with Crippen molar-refractivity contribution in [2.75, 3.05) is 6.26 Å². The molecule has 0 aliphatic rings. The van der Waals surface area contributed by atoms with E-state index < -0.39 is 6.03 Å². The first-order chi connectivity index (χ1) is 6.26. The van der Waals surface area contributed by atoms with Gasteiger partial charge >= 0.3 is 6.03 Å². The van der Waals surface area contributed by atoms with Gasteiger partial charge in [0.1, 0.15) is 0 Å². The van der Waals surface area contributed by atoms with E-state index in [0.717, 1.165) is 0 Å². The molecule has 0 spiro atoms. The van der Waals surface area contributed by atoms with Gasteiger partial charge in [-0.3, -0.25) is 10.1 Å². The molecule has 3 amide bonds. The Hall–Kier alpha value is -0.710. The van der Waals surface area contributed by atoms with Gasteiger partial charge in [-0.15, -0.1) is 0 Å². The second-order valence-electron chi connectivity index (χ2n) is 4.07. The van der Waals surface area contributed by atoms with E-state index in [9.17, 15) is 9.59 Å². The first kappa shape index (κ1) is 13.3. The number of amides is 3. The van der Waals surface area contributed by atoms with Gasteiger partial charge in [-0.1, -0.05) is 0 Å². The lowest BCUT2D eigenvalue weighted by Gasteiger charge is -2.20. The molecule has 0 saturated carbocycles. The molecule has 0 aliphatic carbocycles. The molecule has 0 fully saturated rings. The molecule has 1 atom stereocenters. The Balaban J connectivity index is 4.02. The molecular weight excluding hydrogens is 200 g/mol. The van der Waals surface area contributed by atoms with Gasteiger partial charge < -0.3 is 5.32 Å². The number of nitrogens with one attached hydrogen (secondary N) is 2. The van der Waals surface area contributed by atoms with Gasteiger partial charge in [0.15, 0.2) is 0 Å². The van der Waals surface area contributed by atoms with Crippen LogP contribution in [0.3, 0.4) is 0 Å². The number of carbonyl (C=O) groups is 2. The molecule has 0 rings (SSSR count). The van der Waals surface area contributed by atoms with E-state index in [4.69, 9.17) is 0 Å². The minimum Gasteiger partial charge on any atom is -0.333 e. The zero-order chi connectivity index (χ0) is 11.4. The summed E-state index contributed by atoms with van der Waals surface area (Å²) in [5.41, 5.74) is -0.326. The number of carbonyl (C=O) groups excluding carboxylic acids is 2. The lowest BCUT2D eigenvalue weighted by atomic mass is 10.1. The van der Waals surface area contributed by atoms with Crippen LogP contribution in [0, 0.1) is 0 Å². The summed E-state index contributed by atoms with van der Waals surface area (Å²) in [5, 5.41) is 4.72. The zero-order valence-electron chi connectivity index (χ0n) is 9.30. The van der Waals surface area contributed by atoms with Gasteiger partial charge in [-0.25, -0.2) is 4.79 Å². The number of urea groups is 1. The van der Waals surface area contributed by atoms with Crippen LogP contribution in [0.5, 0.6) is 0 Å². The zero-order valence-corrected chi connectivity index (χ0v) is 10.1. The van der Waals surface area contributed by atoms with Crippen molar-refractivity contribution in [2.24, 2.45) is 0 Å². The van der Waals surface area contributed by atoms with Crippen LogP contribution in [-0.4, -0.2) is 29.0 Å². The molecule has 5 heteroatoms. The van der Waals surface area contributed by atoms with E-state index in [1.165, 1.54) is 11.8 Å². The second kappa shape index (κ2) is 5.24. The van der Waals surface area contributed by atoms with E-state index in [1.54, 1.807) is 6.92 Å². The summed E-state index contributed by atoms with van der Waals surface area (Å²) in [6.07, 6.45) is 1.83. The quantitative estimate of drug-likeness (QED) is 0.736. The van der Waals surface area contributed by atoms with E-state index in [0.29, 0.717) is 0 Å². The number of hydrogen-bond donors (Lipinski definition) is 2. The predicted molar refractivity (Wildman–Crippen MR) is 59.4 cm³/mol. The topological polar surface area (TPSA) is 58.2 Å². The number of rotatable bonds is 2. The highest BCUT2D eigenvalue weighted by Gasteiger charge is 2.18. The Morgan fingerprint density at radius 2 is 1.79 bits per heavy atom. The minimum atomic E-state index is -0.441. The molecule has 0 aromatic carbocycles. The van der Waals surface area contributed by atoms with Crippen molar-refractivity contribution in [1.82, 2.24) is 10.6 Å². The first-order valence-corrected chi connectivity index (χ1v) is 5.71. The van der Waals surface area contributed by atoms with E-state index in [2.05, 4.69) is 10.6 Å². The molecule has 2 N–H and O–H groups in total. The summed E-state index contributed by atoms with van der Waals surface area (Å²) < 4.78 is 0. The molecule has 0 unspecified atom stereocenters. The molecule has 82 valence electrons. The van der Waals surface area contributed by atoms with Crippen molar-refractivity contribution in [2.45, 2.75) is 38.5 Å². The third-order valence-corrected chi connectivity index (χ3v) is 2.37. The van der Waals surface area contributed by atoms with Gasteiger partial charge in [0.2, 0.25) is 5.91 Å². The summed E-state index contributed by atoms with van der Waals surface area (Å²) >= 11 is 1.40. The number of imide groups is 1. The van der Waals surface area contributed by atoms with Crippen LogP contribution in [0.2, 0.25) is 0 Å². The van der Waals surface area contributed by atoms with Crippen LogP contribution in [-0.2, 0) is 4.79 Å². The molecule has 0 saturated heterocycles. The SMILES string of the molecule is CS[C@@H](C)C(=O)NC(=O)NC(C)(C)C. The maximum absolute atomic E-state index is 11.3. The highest BCUT2D eigenvalue weighted by Crippen LogP contribution is 2.04. The van der Waals surface area contributed by atoms with Crippen molar-refractivity contribution >= 4 is 23.7 Å². The largest absolute Gasteiger partial charge is 0.333 e. The fraction of sp³-hybridized carbons (Fsp3) is 0.778. The van der Waals surface area contributed by atoms with Crippen LogP contribution in [0.25, 0.3) is 0 Å². The summed E-state index contributed by atoms with van der Waals surface area (Å²) in [5.74, 6) is -0.265. The highest BCUT2D eigenvalue weighted by atomic mass is 32.2. The molecule has 0 aliphatic heterocycles. The van der Waals surface area contributed by atoms with Crippen LogP contribution < -0.4 is 10.6 Å². The summed E-state index contributed by atoms with van der Waals surface area (Å²) in [4.78, 5) is 22.5. The molecule has 0 aromatic heterocycles. The molecule has 0 radical (unpaired) electrons. The third-order valence-electron chi connectivity index (χ3n) is 1.45. The van der Waals surface area contributed by atoms with Crippen molar-refractivity contribution < 1.29 is 9.59 Å². The number of hydrogen-bond acceptors (Lipinski definition) is 3. The Morgan fingerprint density at radius 3 is 2.14 bits per heavy atom. The van der Waals surface area contributed by atoms with Crippen molar-refractivity contribution in [3.63, 3.8) is 0 Å². The van der Waals surface area contributed by atoms with Crippen LogP contribution >= 0.6 is 11.8 Å². The lowest BCUT2D eigenvalue weighted by molar-refractivity contribution is -0.119. The first-order valence-electron chi connectivity index (χ1n) is 4.42. The van der Waals surface area contributed by atoms with Crippen LogP contribution in [0.15, 0.2) is 0 Å². The Bertz CT molecular complexity index is 223. The fourth-order valence-electron chi connectivity index (χ4n) is 0.692. The second-order valence-corrected chi connectivity index (χ2v) is 5.25. The molecular formula is C9H18N2O2S.